The molecule has 0 unspecified atom stereocenters. The summed E-state index contributed by atoms with van der Waals surface area (Å²) in [5.74, 6) is -0.330. The first-order valence-corrected chi connectivity index (χ1v) is 4.68. The lowest BCUT2D eigenvalue weighted by Crippen LogP contribution is -2.62. The van der Waals surface area contributed by atoms with E-state index in [0.717, 1.165) is 0 Å². The van der Waals surface area contributed by atoms with Crippen LogP contribution in [0.15, 0.2) is 23.3 Å². The van der Waals surface area contributed by atoms with E-state index in [-0.39, 0.29) is 30.0 Å². The van der Waals surface area contributed by atoms with E-state index in [2.05, 4.69) is 4.98 Å². The number of aliphatic hydroxyl groups is 1. The van der Waals surface area contributed by atoms with E-state index in [4.69, 9.17) is 0 Å². The summed E-state index contributed by atoms with van der Waals surface area (Å²) in [6, 6.07) is 1.31. The molecule has 2 heterocycles. The Hall–Kier alpha value is -1.62. The Bertz CT molecular complexity index is 442. The van der Waals surface area contributed by atoms with Gasteiger partial charge in [0.25, 0.3) is 5.91 Å². The van der Waals surface area contributed by atoms with Gasteiger partial charge in [-0.25, -0.2) is 0 Å². The molecule has 1 aliphatic rings. The van der Waals surface area contributed by atoms with Crippen molar-refractivity contribution in [3.63, 3.8) is 0 Å². The highest BCUT2D eigenvalue weighted by Crippen LogP contribution is 2.20. The Morgan fingerprint density at radius 1 is 1.60 bits per heavy atom. The van der Waals surface area contributed by atoms with Gasteiger partial charge in [-0.1, -0.05) is 0 Å². The summed E-state index contributed by atoms with van der Waals surface area (Å²) in [5, 5.41) is 9.47. The van der Waals surface area contributed by atoms with Crippen LogP contribution in [-0.4, -0.2) is 39.6 Å². The van der Waals surface area contributed by atoms with Crippen LogP contribution in [0.5, 0.6) is 0 Å². The molecule has 0 saturated carbocycles. The molecule has 0 aliphatic carbocycles. The van der Waals surface area contributed by atoms with Crippen LogP contribution in [0.2, 0.25) is 0 Å². The number of hydrogen-bond donors (Lipinski definition) is 2. The molecule has 0 bridgehead atoms. The van der Waals surface area contributed by atoms with Gasteiger partial charge in [-0.05, 0) is 6.92 Å². The molecule has 1 saturated heterocycles. The third-order valence-electron chi connectivity index (χ3n) is 2.40. The number of pyridine rings is 1. The molecule has 1 fully saturated rings. The third kappa shape index (κ3) is 1.78. The number of amides is 1. The minimum Gasteiger partial charge on any atom is -0.386 e. The molecule has 2 N–H and O–H groups in total. The van der Waals surface area contributed by atoms with Crippen molar-refractivity contribution in [3.8, 4) is 0 Å². The topological polar surface area (TPSA) is 73.4 Å². The Balaban J connectivity index is 2.17. The lowest BCUT2D eigenvalue weighted by atomic mass is 9.96. The van der Waals surface area contributed by atoms with E-state index < -0.39 is 5.60 Å². The van der Waals surface area contributed by atoms with Gasteiger partial charge in [0.15, 0.2) is 5.43 Å². The molecule has 0 spiro atoms. The summed E-state index contributed by atoms with van der Waals surface area (Å²) >= 11 is 0. The highest BCUT2D eigenvalue weighted by atomic mass is 16.3. The van der Waals surface area contributed by atoms with Gasteiger partial charge in [-0.3, -0.25) is 9.59 Å². The first-order valence-electron chi connectivity index (χ1n) is 4.68. The second-order valence-electron chi connectivity index (χ2n) is 4.08. The average molecular weight is 208 g/mol. The van der Waals surface area contributed by atoms with Crippen molar-refractivity contribution >= 4 is 5.91 Å². The molecule has 1 amide bonds. The number of nitrogens with zero attached hydrogens (tertiary/aromatic N) is 1. The number of carbonyl (C=O) groups is 1. The molecule has 80 valence electrons. The van der Waals surface area contributed by atoms with Crippen molar-refractivity contribution in [2.45, 2.75) is 12.5 Å². The summed E-state index contributed by atoms with van der Waals surface area (Å²) in [6.07, 6.45) is 2.86. The minimum atomic E-state index is -0.808. The molecule has 0 radical (unpaired) electrons. The van der Waals surface area contributed by atoms with Crippen molar-refractivity contribution in [2.75, 3.05) is 13.1 Å². The van der Waals surface area contributed by atoms with Crippen LogP contribution >= 0.6 is 0 Å². The van der Waals surface area contributed by atoms with Crippen molar-refractivity contribution in [1.29, 1.82) is 0 Å². The number of likely N-dealkylation sites (tertiary alicyclic amines) is 1. The van der Waals surface area contributed by atoms with Crippen molar-refractivity contribution in [3.05, 3.63) is 34.2 Å². The SMILES string of the molecule is CC1(O)CN(C(=O)c2c[nH]ccc2=O)C1. The molecule has 1 aromatic rings. The molecule has 2 rings (SSSR count). The monoisotopic (exact) mass is 208 g/mol. The predicted octanol–water partition coefficient (Wildman–Crippen LogP) is -0.418. The highest BCUT2D eigenvalue weighted by molar-refractivity contribution is 5.94. The maximum absolute atomic E-state index is 11.7. The van der Waals surface area contributed by atoms with Crippen molar-refractivity contribution < 1.29 is 9.90 Å². The number of H-pyrrole nitrogens is 1. The Morgan fingerprint density at radius 2 is 2.27 bits per heavy atom. The largest absolute Gasteiger partial charge is 0.386 e. The summed E-state index contributed by atoms with van der Waals surface area (Å²) in [7, 11) is 0. The fourth-order valence-electron chi connectivity index (χ4n) is 1.67. The molecule has 5 nitrogen and oxygen atoms in total. The zero-order chi connectivity index (χ0) is 11.1. The van der Waals surface area contributed by atoms with Gasteiger partial charge in [0.1, 0.15) is 5.56 Å². The van der Waals surface area contributed by atoms with E-state index in [1.807, 2.05) is 0 Å². The molecule has 1 aliphatic heterocycles. The molecule has 15 heavy (non-hydrogen) atoms. The Labute approximate surface area is 86.3 Å². The van der Waals surface area contributed by atoms with Crippen LogP contribution in [-0.2, 0) is 0 Å². The maximum Gasteiger partial charge on any atom is 0.259 e. The van der Waals surface area contributed by atoms with Crippen LogP contribution in [0.3, 0.4) is 0 Å². The van der Waals surface area contributed by atoms with Crippen LogP contribution in [0.25, 0.3) is 0 Å². The minimum absolute atomic E-state index is 0.119. The molecular formula is C10H12N2O3. The fourth-order valence-corrected chi connectivity index (χ4v) is 1.67. The summed E-state index contributed by atoms with van der Waals surface area (Å²) < 4.78 is 0. The quantitative estimate of drug-likeness (QED) is 0.658. The lowest BCUT2D eigenvalue weighted by Gasteiger charge is -2.43. The highest BCUT2D eigenvalue weighted by Gasteiger charge is 2.40. The predicted molar refractivity (Wildman–Crippen MR) is 53.6 cm³/mol. The van der Waals surface area contributed by atoms with Gasteiger partial charge in [0, 0.05) is 18.5 Å². The smallest absolute Gasteiger partial charge is 0.259 e. The van der Waals surface area contributed by atoms with Crippen LogP contribution in [0.4, 0.5) is 0 Å². The van der Waals surface area contributed by atoms with Gasteiger partial charge < -0.3 is 15.0 Å². The number of aromatic amines is 1. The average Bonchev–Trinajstić information content (AvgIpc) is 2.14. The molecule has 1 aromatic heterocycles. The van der Waals surface area contributed by atoms with E-state index in [1.165, 1.54) is 23.4 Å². The van der Waals surface area contributed by atoms with Gasteiger partial charge in [0.05, 0.1) is 18.7 Å². The number of carbonyl (C=O) groups excluding carboxylic acids is 1. The normalized spacial score (nSPS) is 18.4. The van der Waals surface area contributed by atoms with Gasteiger partial charge >= 0.3 is 0 Å². The zero-order valence-electron chi connectivity index (χ0n) is 8.36. The number of β-amino-alcohol motifs (C(OH)–C–C–N with tert-alkyl or cyclic N) is 1. The van der Waals surface area contributed by atoms with Crippen molar-refractivity contribution in [1.82, 2.24) is 9.88 Å². The van der Waals surface area contributed by atoms with Crippen LogP contribution < -0.4 is 5.43 Å². The molecule has 0 aromatic carbocycles. The van der Waals surface area contributed by atoms with Gasteiger partial charge in [-0.15, -0.1) is 0 Å². The summed E-state index contributed by atoms with van der Waals surface area (Å²) in [5.41, 5.74) is -0.990. The second kappa shape index (κ2) is 3.20. The second-order valence-corrected chi connectivity index (χ2v) is 4.08. The first kappa shape index (κ1) is 9.92. The van der Waals surface area contributed by atoms with E-state index in [1.54, 1.807) is 6.92 Å². The van der Waals surface area contributed by atoms with Gasteiger partial charge in [-0.2, -0.15) is 0 Å². The Kier molecular flexibility index (Phi) is 2.12. The molecule has 5 heteroatoms. The number of hydrogen-bond acceptors (Lipinski definition) is 3. The van der Waals surface area contributed by atoms with Crippen molar-refractivity contribution in [2.24, 2.45) is 0 Å². The molecule has 0 atom stereocenters. The zero-order valence-corrected chi connectivity index (χ0v) is 8.36. The summed E-state index contributed by atoms with van der Waals surface area (Å²) in [6.45, 7) is 2.21. The van der Waals surface area contributed by atoms with Gasteiger partial charge in [0.2, 0.25) is 0 Å². The molecular weight excluding hydrogens is 196 g/mol. The third-order valence-corrected chi connectivity index (χ3v) is 2.40. The van der Waals surface area contributed by atoms with E-state index in [9.17, 15) is 14.7 Å². The van der Waals surface area contributed by atoms with E-state index >= 15 is 0 Å². The number of aromatic nitrogens is 1. The Morgan fingerprint density at radius 3 is 2.80 bits per heavy atom. The van der Waals surface area contributed by atoms with Crippen LogP contribution in [0.1, 0.15) is 17.3 Å². The maximum atomic E-state index is 11.7. The standard InChI is InChI=1S/C10H12N2O3/c1-10(15)5-12(6-10)9(14)7-4-11-3-2-8(7)13/h2-4,15H,5-6H2,1H3,(H,11,13). The summed E-state index contributed by atoms with van der Waals surface area (Å²) in [4.78, 5) is 27.2. The first-order chi connectivity index (χ1) is 6.99. The fraction of sp³-hybridized carbons (Fsp3) is 0.400. The number of nitrogens with one attached hydrogen (secondary N) is 1. The van der Waals surface area contributed by atoms with E-state index in [0.29, 0.717) is 0 Å². The lowest BCUT2D eigenvalue weighted by molar-refractivity contribution is -0.0669. The number of rotatable bonds is 1. The van der Waals surface area contributed by atoms with Crippen LogP contribution in [0, 0.1) is 0 Å².